The fourth-order valence-corrected chi connectivity index (χ4v) is 3.39. The Morgan fingerprint density at radius 2 is 1.33 bits per heavy atom. The summed E-state index contributed by atoms with van der Waals surface area (Å²) in [6.45, 7) is 2.24. The summed E-state index contributed by atoms with van der Waals surface area (Å²) in [6.07, 6.45) is 6.36. The van der Waals surface area contributed by atoms with E-state index in [1.807, 2.05) is 0 Å². The molecule has 3 aliphatic rings. The zero-order chi connectivity index (χ0) is 14.9. The van der Waals surface area contributed by atoms with Crippen LogP contribution in [0.15, 0.2) is 0 Å². The minimum absolute atomic E-state index is 0.0271. The average molecular weight is 299 g/mol. The Balaban J connectivity index is 1.53. The summed E-state index contributed by atoms with van der Waals surface area (Å²) in [7, 11) is 1.67. The summed E-state index contributed by atoms with van der Waals surface area (Å²) in [5.41, 5.74) is 0. The molecule has 0 aromatic heterocycles. The van der Waals surface area contributed by atoms with Gasteiger partial charge in [-0.15, -0.1) is 0 Å². The Hall–Kier alpha value is -0.690. The van der Waals surface area contributed by atoms with Crippen LogP contribution in [0.2, 0.25) is 0 Å². The van der Waals surface area contributed by atoms with E-state index in [9.17, 15) is 4.79 Å². The van der Waals surface area contributed by atoms with Crippen LogP contribution in [0.1, 0.15) is 58.3 Å². The molecule has 1 heterocycles. The van der Waals surface area contributed by atoms with Gasteiger partial charge in [-0.2, -0.15) is 19.6 Å². The van der Waals surface area contributed by atoms with Crippen molar-refractivity contribution in [2.75, 3.05) is 7.05 Å². The summed E-state index contributed by atoms with van der Waals surface area (Å²) < 4.78 is 0. The zero-order valence-corrected chi connectivity index (χ0v) is 12.9. The average Bonchev–Trinajstić information content (AvgIpc) is 2.53. The molecule has 1 N–H and O–H groups in total. The van der Waals surface area contributed by atoms with Crippen molar-refractivity contribution in [3.05, 3.63) is 0 Å². The predicted molar refractivity (Wildman–Crippen MR) is 73.5 cm³/mol. The first-order valence-electron chi connectivity index (χ1n) is 8.02. The molecule has 2 spiro atoms. The van der Waals surface area contributed by atoms with E-state index in [-0.39, 0.29) is 11.8 Å². The van der Waals surface area contributed by atoms with Crippen LogP contribution in [-0.4, -0.2) is 24.5 Å². The number of hydrogen-bond acceptors (Lipinski definition) is 5. The van der Waals surface area contributed by atoms with E-state index in [0.717, 1.165) is 38.5 Å². The SMILES string of the molecule is CNC(=O)C1CCC2(CC1)OOC1(CCC(C)CC1)OO2. The van der Waals surface area contributed by atoms with Gasteiger partial charge in [0.2, 0.25) is 17.5 Å². The van der Waals surface area contributed by atoms with Crippen molar-refractivity contribution in [1.82, 2.24) is 5.32 Å². The molecule has 6 heteroatoms. The Bertz CT molecular complexity index is 372. The lowest BCUT2D eigenvalue weighted by Crippen LogP contribution is -2.53. The van der Waals surface area contributed by atoms with E-state index in [0.29, 0.717) is 18.8 Å². The van der Waals surface area contributed by atoms with Gasteiger partial charge in [-0.1, -0.05) is 6.92 Å². The predicted octanol–water partition coefficient (Wildman–Crippen LogP) is 2.44. The molecule has 0 bridgehead atoms. The van der Waals surface area contributed by atoms with Crippen LogP contribution < -0.4 is 5.32 Å². The van der Waals surface area contributed by atoms with Gasteiger partial charge in [-0.05, 0) is 31.6 Å². The third kappa shape index (κ3) is 3.08. The lowest BCUT2D eigenvalue weighted by molar-refractivity contribution is -0.663. The summed E-state index contributed by atoms with van der Waals surface area (Å²) in [5.74, 6) is -0.755. The van der Waals surface area contributed by atoms with Crippen LogP contribution in [-0.2, 0) is 24.3 Å². The Labute approximate surface area is 125 Å². The molecule has 0 aromatic rings. The fourth-order valence-electron chi connectivity index (χ4n) is 3.39. The largest absolute Gasteiger partial charge is 0.359 e. The van der Waals surface area contributed by atoms with Crippen molar-refractivity contribution >= 4 is 5.91 Å². The highest BCUT2D eigenvalue weighted by molar-refractivity contribution is 5.78. The lowest BCUT2D eigenvalue weighted by atomic mass is 9.84. The van der Waals surface area contributed by atoms with Crippen molar-refractivity contribution in [3.63, 3.8) is 0 Å². The maximum Gasteiger partial charge on any atom is 0.234 e. The van der Waals surface area contributed by atoms with E-state index >= 15 is 0 Å². The minimum Gasteiger partial charge on any atom is -0.359 e. The molecule has 0 unspecified atom stereocenters. The van der Waals surface area contributed by atoms with Crippen molar-refractivity contribution in [2.24, 2.45) is 11.8 Å². The molecule has 1 saturated heterocycles. The van der Waals surface area contributed by atoms with E-state index in [1.54, 1.807) is 7.05 Å². The molecule has 120 valence electrons. The van der Waals surface area contributed by atoms with Crippen LogP contribution >= 0.6 is 0 Å². The lowest BCUT2D eigenvalue weighted by Gasteiger charge is -2.47. The number of carbonyl (C=O) groups is 1. The summed E-state index contributed by atoms with van der Waals surface area (Å²) in [4.78, 5) is 34.1. The molecule has 21 heavy (non-hydrogen) atoms. The van der Waals surface area contributed by atoms with Crippen molar-refractivity contribution in [1.29, 1.82) is 0 Å². The number of hydrogen-bond donors (Lipinski definition) is 1. The molecular formula is C15H25NO5. The van der Waals surface area contributed by atoms with E-state index in [1.165, 1.54) is 0 Å². The molecule has 0 radical (unpaired) electrons. The van der Waals surface area contributed by atoms with Crippen molar-refractivity contribution < 1.29 is 24.3 Å². The maximum absolute atomic E-state index is 11.7. The first kappa shape index (κ1) is 15.2. The van der Waals surface area contributed by atoms with E-state index < -0.39 is 11.6 Å². The number of amides is 1. The van der Waals surface area contributed by atoms with Gasteiger partial charge in [0.25, 0.3) is 0 Å². The molecule has 3 fully saturated rings. The number of nitrogens with one attached hydrogen (secondary N) is 1. The molecule has 3 rings (SSSR count). The summed E-state index contributed by atoms with van der Waals surface area (Å²) in [6, 6.07) is 0. The Morgan fingerprint density at radius 1 is 0.905 bits per heavy atom. The highest BCUT2D eigenvalue weighted by Gasteiger charge is 2.51. The van der Waals surface area contributed by atoms with Gasteiger partial charge >= 0.3 is 0 Å². The summed E-state index contributed by atoms with van der Waals surface area (Å²) in [5, 5.41) is 2.69. The van der Waals surface area contributed by atoms with Gasteiger partial charge in [0.05, 0.1) is 0 Å². The summed E-state index contributed by atoms with van der Waals surface area (Å²) >= 11 is 0. The molecule has 0 atom stereocenters. The van der Waals surface area contributed by atoms with Gasteiger partial charge in [0.1, 0.15) is 0 Å². The monoisotopic (exact) mass is 299 g/mol. The third-order valence-electron chi connectivity index (χ3n) is 5.09. The molecule has 6 nitrogen and oxygen atoms in total. The van der Waals surface area contributed by atoms with E-state index in [2.05, 4.69) is 12.2 Å². The van der Waals surface area contributed by atoms with E-state index in [4.69, 9.17) is 19.6 Å². The molecular weight excluding hydrogens is 274 g/mol. The molecule has 1 aliphatic heterocycles. The smallest absolute Gasteiger partial charge is 0.234 e. The molecule has 0 aromatic carbocycles. The van der Waals surface area contributed by atoms with Gasteiger partial charge in [-0.3, -0.25) is 4.79 Å². The van der Waals surface area contributed by atoms with Gasteiger partial charge in [-0.25, -0.2) is 0 Å². The zero-order valence-electron chi connectivity index (χ0n) is 12.9. The molecule has 2 aliphatic carbocycles. The highest BCUT2D eigenvalue weighted by Crippen LogP contribution is 2.45. The standard InChI is InChI=1S/C15H25NO5/c1-11-3-7-14(8-4-11)18-20-15(21-19-14)9-5-12(6-10-15)13(17)16-2/h11-12H,3-10H2,1-2H3,(H,16,17). The minimum atomic E-state index is -0.834. The van der Waals surface area contributed by atoms with Crippen LogP contribution in [0.5, 0.6) is 0 Å². The number of rotatable bonds is 1. The second kappa shape index (κ2) is 5.83. The number of carbonyl (C=O) groups excluding carboxylic acids is 1. The molecule has 1 amide bonds. The van der Waals surface area contributed by atoms with Crippen LogP contribution in [0.25, 0.3) is 0 Å². The topological polar surface area (TPSA) is 66.0 Å². The van der Waals surface area contributed by atoms with Crippen LogP contribution in [0.4, 0.5) is 0 Å². The van der Waals surface area contributed by atoms with Crippen LogP contribution in [0.3, 0.4) is 0 Å². The van der Waals surface area contributed by atoms with Gasteiger partial charge < -0.3 is 5.32 Å². The van der Waals surface area contributed by atoms with Crippen LogP contribution in [0, 0.1) is 11.8 Å². The van der Waals surface area contributed by atoms with Gasteiger partial charge in [0.15, 0.2) is 0 Å². The highest BCUT2D eigenvalue weighted by atomic mass is 17.4. The normalized spacial score (nSPS) is 43.9. The van der Waals surface area contributed by atoms with Crippen molar-refractivity contribution in [2.45, 2.75) is 69.9 Å². The third-order valence-corrected chi connectivity index (χ3v) is 5.09. The molecule has 2 saturated carbocycles. The maximum atomic E-state index is 11.7. The second-order valence-corrected chi connectivity index (χ2v) is 6.73. The van der Waals surface area contributed by atoms with Gasteiger partial charge in [0, 0.05) is 38.6 Å². The van der Waals surface area contributed by atoms with Crippen molar-refractivity contribution in [3.8, 4) is 0 Å². The quantitative estimate of drug-likeness (QED) is 0.753. The fraction of sp³-hybridized carbons (Fsp3) is 0.933. The second-order valence-electron chi connectivity index (χ2n) is 6.73. The Kier molecular flexibility index (Phi) is 4.23. The first-order chi connectivity index (χ1) is 10.1. The Morgan fingerprint density at radius 3 is 1.76 bits per heavy atom. The first-order valence-corrected chi connectivity index (χ1v) is 8.02.